The van der Waals surface area contributed by atoms with Crippen LogP contribution in [0.5, 0.6) is 0 Å². The van der Waals surface area contributed by atoms with Gasteiger partial charge in [-0.2, -0.15) is 5.26 Å². The molecule has 1 heterocycles. The van der Waals surface area contributed by atoms with E-state index < -0.39 is 0 Å². The molecule has 0 aliphatic heterocycles. The van der Waals surface area contributed by atoms with Crippen LogP contribution in [0.3, 0.4) is 0 Å². The minimum absolute atomic E-state index is 0.0507. The standard InChI is InChI=1S/C20H32N4O.C6H8N2.C2H6/c1-4-19(23-20(25)12-13-21)17-10-9-11-18(16-17)22-14-7-8-15-24(5-2)6-3;1-2-6-5-7-3-4-8-6;1-2/h9-11,16,19,22H,4-8,12,14-15H2,1-3H3,(H,23,25);3-5H,2H2,1H3;1-2H3. The average Bonchev–Trinajstić information content (AvgIpc) is 2.91. The Morgan fingerprint density at radius 1 is 1.11 bits per heavy atom. The number of nitriles is 1. The van der Waals surface area contributed by atoms with Gasteiger partial charge in [0, 0.05) is 30.8 Å². The van der Waals surface area contributed by atoms with Crippen molar-refractivity contribution in [2.24, 2.45) is 0 Å². The van der Waals surface area contributed by atoms with Crippen LogP contribution in [0, 0.1) is 11.3 Å². The second kappa shape index (κ2) is 21.5. The van der Waals surface area contributed by atoms with Crippen LogP contribution in [0.25, 0.3) is 0 Å². The maximum atomic E-state index is 11.7. The van der Waals surface area contributed by atoms with E-state index in [-0.39, 0.29) is 18.4 Å². The normalized spacial score (nSPS) is 10.7. The molecular formula is C28H46N6O. The van der Waals surface area contributed by atoms with Gasteiger partial charge in [-0.1, -0.05) is 53.7 Å². The second-order valence-electron chi connectivity index (χ2n) is 7.70. The number of aromatic nitrogens is 2. The number of nitrogens with one attached hydrogen (secondary N) is 2. The van der Waals surface area contributed by atoms with Gasteiger partial charge in [0.25, 0.3) is 0 Å². The third-order valence-corrected chi connectivity index (χ3v) is 5.38. The number of unbranched alkanes of at least 4 members (excludes halogenated alkanes) is 1. The van der Waals surface area contributed by atoms with Crippen molar-refractivity contribution in [3.05, 3.63) is 54.1 Å². The molecule has 0 aliphatic rings. The molecule has 0 bridgehead atoms. The van der Waals surface area contributed by atoms with Crippen LogP contribution in [0.2, 0.25) is 0 Å². The summed E-state index contributed by atoms with van der Waals surface area (Å²) in [6, 6.07) is 10.0. The van der Waals surface area contributed by atoms with Gasteiger partial charge in [-0.3, -0.25) is 14.8 Å². The number of anilines is 1. The highest BCUT2D eigenvalue weighted by atomic mass is 16.1. The van der Waals surface area contributed by atoms with Crippen molar-refractivity contribution in [1.82, 2.24) is 20.2 Å². The van der Waals surface area contributed by atoms with E-state index >= 15 is 0 Å². The molecule has 0 radical (unpaired) electrons. The molecule has 1 atom stereocenters. The summed E-state index contributed by atoms with van der Waals surface area (Å²) in [5, 5.41) is 15.0. The zero-order chi connectivity index (χ0) is 26.3. The fraction of sp³-hybridized carbons (Fsp3) is 0.571. The lowest BCUT2D eigenvalue weighted by Gasteiger charge is -2.19. The minimum atomic E-state index is -0.218. The average molecular weight is 483 g/mol. The van der Waals surface area contributed by atoms with Crippen LogP contribution < -0.4 is 10.6 Å². The number of carbonyl (C=O) groups excluding carboxylic acids is 1. The molecule has 2 aromatic rings. The van der Waals surface area contributed by atoms with E-state index in [0.717, 1.165) is 62.4 Å². The van der Waals surface area contributed by atoms with Crippen molar-refractivity contribution in [3.8, 4) is 6.07 Å². The molecule has 1 aromatic heterocycles. The number of aryl methyl sites for hydroxylation is 1. The first kappa shape index (κ1) is 32.0. The highest BCUT2D eigenvalue weighted by Gasteiger charge is 2.12. The molecule has 2 N–H and O–H groups in total. The van der Waals surface area contributed by atoms with Crippen molar-refractivity contribution in [2.45, 2.75) is 79.7 Å². The topological polar surface area (TPSA) is 93.9 Å². The fourth-order valence-corrected chi connectivity index (χ4v) is 3.35. The summed E-state index contributed by atoms with van der Waals surface area (Å²) >= 11 is 0. The molecule has 35 heavy (non-hydrogen) atoms. The lowest BCUT2D eigenvalue weighted by atomic mass is 10.0. The summed E-state index contributed by atoms with van der Waals surface area (Å²) in [6.07, 6.45) is 9.16. The summed E-state index contributed by atoms with van der Waals surface area (Å²) in [7, 11) is 0. The smallest absolute Gasteiger partial charge is 0.234 e. The number of hydrogen-bond acceptors (Lipinski definition) is 6. The van der Waals surface area contributed by atoms with Crippen LogP contribution >= 0.6 is 0 Å². The maximum Gasteiger partial charge on any atom is 0.234 e. The lowest BCUT2D eigenvalue weighted by molar-refractivity contribution is -0.120. The Balaban J connectivity index is 0.000000961. The van der Waals surface area contributed by atoms with Crippen LogP contribution in [0.1, 0.15) is 84.5 Å². The van der Waals surface area contributed by atoms with Gasteiger partial charge in [-0.25, -0.2) is 0 Å². The van der Waals surface area contributed by atoms with Gasteiger partial charge in [-0.05, 0) is 63.0 Å². The molecule has 0 spiro atoms. The van der Waals surface area contributed by atoms with Crippen molar-refractivity contribution >= 4 is 11.6 Å². The van der Waals surface area contributed by atoms with Crippen molar-refractivity contribution in [3.63, 3.8) is 0 Å². The molecule has 7 nitrogen and oxygen atoms in total. The Morgan fingerprint density at radius 2 is 1.86 bits per heavy atom. The molecule has 1 amide bonds. The largest absolute Gasteiger partial charge is 0.385 e. The minimum Gasteiger partial charge on any atom is -0.385 e. The van der Waals surface area contributed by atoms with Gasteiger partial charge in [0.2, 0.25) is 5.91 Å². The lowest BCUT2D eigenvalue weighted by Crippen LogP contribution is -2.27. The number of carbonyl (C=O) groups is 1. The van der Waals surface area contributed by atoms with Gasteiger partial charge < -0.3 is 15.5 Å². The molecule has 0 aliphatic carbocycles. The summed E-state index contributed by atoms with van der Waals surface area (Å²) in [5.41, 5.74) is 3.20. The highest BCUT2D eigenvalue weighted by Crippen LogP contribution is 2.20. The summed E-state index contributed by atoms with van der Waals surface area (Å²) in [4.78, 5) is 22.0. The molecular weight excluding hydrogens is 436 g/mol. The molecule has 1 aromatic carbocycles. The Kier molecular flexibility index (Phi) is 19.7. The SMILES string of the molecule is CC.CCC(NC(=O)CC#N)c1cccc(NCCCCN(CC)CC)c1.CCc1cnccn1. The maximum absolute atomic E-state index is 11.7. The van der Waals surface area contributed by atoms with Gasteiger partial charge in [-0.15, -0.1) is 0 Å². The van der Waals surface area contributed by atoms with Crippen LogP contribution in [-0.2, 0) is 11.2 Å². The first-order chi connectivity index (χ1) is 17.1. The Hall–Kier alpha value is -2.98. The number of nitrogens with zero attached hydrogens (tertiary/aromatic N) is 4. The van der Waals surface area contributed by atoms with E-state index in [0.29, 0.717) is 0 Å². The monoisotopic (exact) mass is 482 g/mol. The zero-order valence-corrected chi connectivity index (χ0v) is 22.7. The van der Waals surface area contributed by atoms with Gasteiger partial charge in [0.15, 0.2) is 0 Å². The van der Waals surface area contributed by atoms with Crippen LogP contribution in [0.4, 0.5) is 5.69 Å². The van der Waals surface area contributed by atoms with Crippen molar-refractivity contribution in [1.29, 1.82) is 5.26 Å². The Labute approximate surface area is 213 Å². The van der Waals surface area contributed by atoms with E-state index in [9.17, 15) is 4.79 Å². The first-order valence-electron chi connectivity index (χ1n) is 13.0. The Morgan fingerprint density at radius 3 is 2.40 bits per heavy atom. The van der Waals surface area contributed by atoms with Crippen molar-refractivity contribution in [2.75, 3.05) is 31.5 Å². The molecule has 7 heteroatoms. The molecule has 2 rings (SSSR count). The molecule has 0 saturated heterocycles. The van der Waals surface area contributed by atoms with E-state index in [2.05, 4.69) is 58.4 Å². The van der Waals surface area contributed by atoms with Gasteiger partial charge in [0.05, 0.1) is 17.8 Å². The van der Waals surface area contributed by atoms with E-state index in [1.807, 2.05) is 39.0 Å². The van der Waals surface area contributed by atoms with E-state index in [1.165, 1.54) is 6.42 Å². The summed E-state index contributed by atoms with van der Waals surface area (Å²) in [6.45, 7) is 16.8. The number of benzene rings is 1. The van der Waals surface area contributed by atoms with E-state index in [1.54, 1.807) is 18.6 Å². The molecule has 0 fully saturated rings. The first-order valence-corrected chi connectivity index (χ1v) is 13.0. The second-order valence-corrected chi connectivity index (χ2v) is 7.70. The van der Waals surface area contributed by atoms with Crippen molar-refractivity contribution < 1.29 is 4.79 Å². The Bertz CT molecular complexity index is 818. The fourth-order valence-electron chi connectivity index (χ4n) is 3.35. The molecule has 0 saturated carbocycles. The van der Waals surface area contributed by atoms with Gasteiger partial charge >= 0.3 is 0 Å². The third-order valence-electron chi connectivity index (χ3n) is 5.38. The van der Waals surface area contributed by atoms with Gasteiger partial charge in [0.1, 0.15) is 6.42 Å². The highest BCUT2D eigenvalue weighted by molar-refractivity contribution is 5.78. The van der Waals surface area contributed by atoms with Crippen LogP contribution in [-0.4, -0.2) is 47.0 Å². The zero-order valence-electron chi connectivity index (χ0n) is 22.7. The number of hydrogen-bond donors (Lipinski definition) is 2. The predicted octanol–water partition coefficient (Wildman–Crippen LogP) is 5.77. The summed E-state index contributed by atoms with van der Waals surface area (Å²) in [5.74, 6) is -0.218. The molecule has 194 valence electrons. The predicted molar refractivity (Wildman–Crippen MR) is 146 cm³/mol. The quantitative estimate of drug-likeness (QED) is 0.352. The molecule has 1 unspecified atom stereocenters. The number of rotatable bonds is 13. The van der Waals surface area contributed by atoms with Crippen LogP contribution in [0.15, 0.2) is 42.9 Å². The van der Waals surface area contributed by atoms with E-state index in [4.69, 9.17) is 5.26 Å². The number of amides is 1. The third kappa shape index (κ3) is 14.8. The summed E-state index contributed by atoms with van der Waals surface area (Å²) < 4.78 is 0.